The van der Waals surface area contributed by atoms with Gasteiger partial charge < -0.3 is 5.32 Å². The highest BCUT2D eigenvalue weighted by Crippen LogP contribution is 2.35. The van der Waals surface area contributed by atoms with E-state index in [1.165, 1.54) is 11.8 Å². The molecule has 1 amide bonds. The highest BCUT2D eigenvalue weighted by atomic mass is 35.5. The van der Waals surface area contributed by atoms with Crippen molar-refractivity contribution in [2.24, 2.45) is 0 Å². The van der Waals surface area contributed by atoms with Gasteiger partial charge in [-0.3, -0.25) is 9.78 Å². The maximum Gasteiger partial charge on any atom is 0.237 e. The van der Waals surface area contributed by atoms with Crippen LogP contribution in [0.3, 0.4) is 0 Å². The molecule has 7 heteroatoms. The summed E-state index contributed by atoms with van der Waals surface area (Å²) in [6, 6.07) is 12.8. The van der Waals surface area contributed by atoms with E-state index in [4.69, 9.17) is 34.8 Å². The molecule has 1 aromatic heterocycles. The van der Waals surface area contributed by atoms with Crippen molar-refractivity contribution in [1.82, 2.24) is 4.98 Å². The van der Waals surface area contributed by atoms with Gasteiger partial charge >= 0.3 is 0 Å². The highest BCUT2D eigenvalue weighted by Gasteiger charge is 2.19. The number of thioether (sulfide) groups is 1. The number of nitrogens with one attached hydrogen (secondary N) is 1. The Morgan fingerprint density at radius 1 is 1.12 bits per heavy atom. The van der Waals surface area contributed by atoms with Crippen molar-refractivity contribution in [2.75, 3.05) is 5.32 Å². The lowest BCUT2D eigenvalue weighted by atomic mass is 10.2. The Hall–Kier alpha value is -1.46. The zero-order valence-corrected chi connectivity index (χ0v) is 16.2. The van der Waals surface area contributed by atoms with Gasteiger partial charge in [0.15, 0.2) is 0 Å². The maximum absolute atomic E-state index is 12.5. The second-order valence-corrected chi connectivity index (χ2v) is 7.95. The number of rotatable bonds is 4. The van der Waals surface area contributed by atoms with Gasteiger partial charge in [-0.1, -0.05) is 53.0 Å². The van der Waals surface area contributed by atoms with Gasteiger partial charge in [0, 0.05) is 21.5 Å². The van der Waals surface area contributed by atoms with Gasteiger partial charge in [-0.2, -0.15) is 0 Å². The van der Waals surface area contributed by atoms with E-state index in [0.29, 0.717) is 20.8 Å². The predicted molar refractivity (Wildman–Crippen MR) is 107 cm³/mol. The number of benzene rings is 2. The summed E-state index contributed by atoms with van der Waals surface area (Å²) in [7, 11) is 0. The molecule has 0 aliphatic rings. The van der Waals surface area contributed by atoms with Gasteiger partial charge in [-0.25, -0.2) is 0 Å². The van der Waals surface area contributed by atoms with E-state index >= 15 is 0 Å². The van der Waals surface area contributed by atoms with E-state index in [2.05, 4.69) is 10.3 Å². The average Bonchev–Trinajstić information content (AvgIpc) is 2.58. The predicted octanol–water partition coefficient (Wildman–Crippen LogP) is 6.31. The summed E-state index contributed by atoms with van der Waals surface area (Å²) in [4.78, 5) is 17.9. The molecule has 1 heterocycles. The zero-order valence-electron chi connectivity index (χ0n) is 13.1. The SMILES string of the molecule is CC(Sc1ccnc2ccccc12)C(=O)Nc1c(Cl)cc(Cl)cc1Cl. The lowest BCUT2D eigenvalue weighted by Crippen LogP contribution is -2.22. The van der Waals surface area contributed by atoms with E-state index in [0.717, 1.165) is 15.8 Å². The molecule has 0 aliphatic carbocycles. The number of carbonyl (C=O) groups is 1. The zero-order chi connectivity index (χ0) is 18.0. The number of fused-ring (bicyclic) bond motifs is 1. The highest BCUT2D eigenvalue weighted by molar-refractivity contribution is 8.00. The molecule has 128 valence electrons. The number of hydrogen-bond donors (Lipinski definition) is 1. The minimum Gasteiger partial charge on any atom is -0.323 e. The van der Waals surface area contributed by atoms with E-state index in [9.17, 15) is 4.79 Å². The number of para-hydroxylation sites is 1. The van der Waals surface area contributed by atoms with E-state index in [-0.39, 0.29) is 11.2 Å². The first-order valence-corrected chi connectivity index (χ1v) is 9.43. The van der Waals surface area contributed by atoms with E-state index < -0.39 is 0 Å². The third-order valence-corrected chi connectivity index (χ3v) is 5.53. The smallest absolute Gasteiger partial charge is 0.237 e. The molecule has 0 saturated heterocycles. The Morgan fingerprint density at radius 2 is 1.80 bits per heavy atom. The van der Waals surface area contributed by atoms with Crippen molar-refractivity contribution >= 4 is 69.1 Å². The molecule has 25 heavy (non-hydrogen) atoms. The topological polar surface area (TPSA) is 42.0 Å². The molecule has 3 rings (SSSR count). The van der Waals surface area contributed by atoms with Crippen LogP contribution < -0.4 is 5.32 Å². The molecular formula is C18H13Cl3N2OS. The number of hydrogen-bond acceptors (Lipinski definition) is 3. The minimum atomic E-state index is -0.353. The van der Waals surface area contributed by atoms with Crippen molar-refractivity contribution < 1.29 is 4.79 Å². The fourth-order valence-corrected chi connectivity index (χ4v) is 4.20. The molecule has 0 fully saturated rings. The van der Waals surface area contributed by atoms with Crippen molar-refractivity contribution in [2.45, 2.75) is 17.1 Å². The Kier molecular flexibility index (Phi) is 5.74. The molecule has 1 unspecified atom stereocenters. The van der Waals surface area contributed by atoms with Crippen LogP contribution in [-0.4, -0.2) is 16.1 Å². The summed E-state index contributed by atoms with van der Waals surface area (Å²) in [6.07, 6.45) is 1.74. The van der Waals surface area contributed by atoms with Gasteiger partial charge in [0.05, 0.1) is 26.5 Å². The number of carbonyl (C=O) groups excluding carboxylic acids is 1. The third kappa shape index (κ3) is 4.21. The second kappa shape index (κ2) is 7.83. The molecule has 2 aromatic carbocycles. The monoisotopic (exact) mass is 410 g/mol. The largest absolute Gasteiger partial charge is 0.323 e. The van der Waals surface area contributed by atoms with Gasteiger partial charge in [-0.15, -0.1) is 11.8 Å². The number of pyridine rings is 1. The van der Waals surface area contributed by atoms with Crippen LogP contribution in [-0.2, 0) is 4.79 Å². The Bertz CT molecular complexity index is 920. The fourth-order valence-electron chi connectivity index (χ4n) is 2.30. The molecule has 1 atom stereocenters. The van der Waals surface area contributed by atoms with Crippen LogP contribution in [0.15, 0.2) is 53.6 Å². The van der Waals surface area contributed by atoms with Gasteiger partial charge in [0.1, 0.15) is 0 Å². The number of aromatic nitrogens is 1. The maximum atomic E-state index is 12.5. The molecule has 1 N–H and O–H groups in total. The van der Waals surface area contributed by atoms with Gasteiger partial charge in [-0.05, 0) is 31.2 Å². The molecule has 0 radical (unpaired) electrons. The third-order valence-electron chi connectivity index (χ3n) is 3.54. The van der Waals surface area contributed by atoms with Gasteiger partial charge in [0.2, 0.25) is 5.91 Å². The van der Waals surface area contributed by atoms with Crippen LogP contribution in [0.4, 0.5) is 5.69 Å². The first kappa shape index (κ1) is 18.3. The van der Waals surface area contributed by atoms with Crippen molar-refractivity contribution in [3.63, 3.8) is 0 Å². The first-order valence-electron chi connectivity index (χ1n) is 7.41. The second-order valence-electron chi connectivity index (χ2n) is 5.32. The number of halogens is 3. The number of amides is 1. The molecular weight excluding hydrogens is 399 g/mol. The van der Waals surface area contributed by atoms with E-state index in [1.807, 2.05) is 37.3 Å². The van der Waals surface area contributed by atoms with Crippen LogP contribution in [0, 0.1) is 0 Å². The van der Waals surface area contributed by atoms with E-state index in [1.54, 1.807) is 18.3 Å². The summed E-state index contributed by atoms with van der Waals surface area (Å²) >= 11 is 19.6. The Labute approximate surface area is 164 Å². The summed E-state index contributed by atoms with van der Waals surface area (Å²) in [6.45, 7) is 1.83. The van der Waals surface area contributed by atoms with Crippen LogP contribution >= 0.6 is 46.6 Å². The van der Waals surface area contributed by atoms with Crippen LogP contribution in [0.25, 0.3) is 10.9 Å². The molecule has 3 nitrogen and oxygen atoms in total. The quantitative estimate of drug-likeness (QED) is 0.511. The molecule has 0 bridgehead atoms. The van der Waals surface area contributed by atoms with Gasteiger partial charge in [0.25, 0.3) is 0 Å². The van der Waals surface area contributed by atoms with Crippen molar-refractivity contribution in [3.05, 3.63) is 63.7 Å². The average molecular weight is 412 g/mol. The fraction of sp³-hybridized carbons (Fsp3) is 0.111. The van der Waals surface area contributed by atoms with Crippen LogP contribution in [0.2, 0.25) is 15.1 Å². The Morgan fingerprint density at radius 3 is 2.52 bits per heavy atom. The lowest BCUT2D eigenvalue weighted by Gasteiger charge is -2.15. The number of anilines is 1. The molecule has 0 saturated carbocycles. The summed E-state index contributed by atoms with van der Waals surface area (Å²) in [5.74, 6) is -0.197. The van der Waals surface area contributed by atoms with Crippen LogP contribution in [0.5, 0.6) is 0 Å². The minimum absolute atomic E-state index is 0.197. The van der Waals surface area contributed by atoms with Crippen molar-refractivity contribution in [3.8, 4) is 0 Å². The first-order chi connectivity index (χ1) is 12.0. The standard InChI is InChI=1S/C18H13Cl3N2OS/c1-10(18(24)23-17-13(20)8-11(19)9-14(17)21)25-16-6-7-22-15-5-3-2-4-12(15)16/h2-10H,1H3,(H,23,24). The molecule has 0 spiro atoms. The molecule has 0 aliphatic heterocycles. The normalized spacial score (nSPS) is 12.2. The molecule has 3 aromatic rings. The summed E-state index contributed by atoms with van der Waals surface area (Å²) < 4.78 is 0. The Balaban J connectivity index is 1.79. The summed E-state index contributed by atoms with van der Waals surface area (Å²) in [5, 5.41) is 4.46. The lowest BCUT2D eigenvalue weighted by molar-refractivity contribution is -0.115. The van der Waals surface area contributed by atoms with Crippen LogP contribution in [0.1, 0.15) is 6.92 Å². The van der Waals surface area contributed by atoms with Crippen molar-refractivity contribution in [1.29, 1.82) is 0 Å². The summed E-state index contributed by atoms with van der Waals surface area (Å²) in [5.41, 5.74) is 1.26. The number of nitrogens with zero attached hydrogens (tertiary/aromatic N) is 1.